The van der Waals surface area contributed by atoms with Crippen LogP contribution in [0.25, 0.3) is 0 Å². The fourth-order valence-electron chi connectivity index (χ4n) is 2.45. The van der Waals surface area contributed by atoms with Gasteiger partial charge in [0.25, 0.3) is 0 Å². The monoisotopic (exact) mass is 411 g/mol. The van der Waals surface area contributed by atoms with Gasteiger partial charge in [-0.2, -0.15) is 0 Å². The molecule has 0 unspecified atom stereocenters. The van der Waals surface area contributed by atoms with Crippen LogP contribution < -0.4 is 16.2 Å². The second kappa shape index (κ2) is 12.7. The average molecular weight is 411 g/mol. The fraction of sp³-hybridized carbons (Fsp3) is 0.273. The molecule has 8 nitrogen and oxygen atoms in total. The van der Waals surface area contributed by atoms with E-state index in [2.05, 4.69) is 16.2 Å². The lowest BCUT2D eigenvalue weighted by molar-refractivity contribution is -0.145. The van der Waals surface area contributed by atoms with Gasteiger partial charge in [0, 0.05) is 31.4 Å². The van der Waals surface area contributed by atoms with Gasteiger partial charge in [-0.25, -0.2) is 0 Å². The largest absolute Gasteiger partial charge is 0.465 e. The molecule has 2 aromatic rings. The van der Waals surface area contributed by atoms with E-state index in [1.54, 1.807) is 24.3 Å². The van der Waals surface area contributed by atoms with Crippen molar-refractivity contribution < 1.29 is 23.9 Å². The van der Waals surface area contributed by atoms with Gasteiger partial charge in [-0.05, 0) is 17.7 Å². The minimum Gasteiger partial charge on any atom is -0.465 e. The molecule has 0 spiro atoms. The van der Waals surface area contributed by atoms with Crippen molar-refractivity contribution in [1.82, 2.24) is 10.9 Å². The predicted octanol–water partition coefficient (Wildman–Crippen LogP) is 2.12. The van der Waals surface area contributed by atoms with Crippen molar-refractivity contribution in [2.24, 2.45) is 0 Å². The maximum absolute atomic E-state index is 11.8. The number of amides is 3. The molecule has 0 radical (unpaired) electrons. The maximum atomic E-state index is 11.8. The number of anilines is 1. The molecule has 0 saturated heterocycles. The number of benzene rings is 2. The van der Waals surface area contributed by atoms with Gasteiger partial charge in [-0.3, -0.25) is 30.0 Å². The number of hydrazine groups is 1. The number of nitrogens with one attached hydrogen (secondary N) is 3. The zero-order valence-corrected chi connectivity index (χ0v) is 16.6. The molecule has 30 heavy (non-hydrogen) atoms. The Morgan fingerprint density at radius 1 is 0.667 bits per heavy atom. The van der Waals surface area contributed by atoms with Crippen LogP contribution >= 0.6 is 0 Å². The smallest absolute Gasteiger partial charge is 0.306 e. The Hall–Kier alpha value is -3.68. The van der Waals surface area contributed by atoms with Gasteiger partial charge in [0.1, 0.15) is 0 Å². The molecule has 3 N–H and O–H groups in total. The summed E-state index contributed by atoms with van der Waals surface area (Å²) >= 11 is 0. The second-order valence-corrected chi connectivity index (χ2v) is 6.47. The quantitative estimate of drug-likeness (QED) is 0.409. The molecule has 2 aromatic carbocycles. The van der Waals surface area contributed by atoms with E-state index in [0.717, 1.165) is 5.56 Å². The van der Waals surface area contributed by atoms with E-state index < -0.39 is 17.8 Å². The molecule has 158 valence electrons. The van der Waals surface area contributed by atoms with Crippen molar-refractivity contribution in [2.75, 3.05) is 11.9 Å². The summed E-state index contributed by atoms with van der Waals surface area (Å²) in [5.74, 6) is -1.81. The first kappa shape index (κ1) is 22.6. The summed E-state index contributed by atoms with van der Waals surface area (Å²) < 4.78 is 5.08. The molecular formula is C22H25N3O5. The summed E-state index contributed by atoms with van der Waals surface area (Å²) in [6, 6.07) is 18.5. The first-order valence-corrected chi connectivity index (χ1v) is 9.65. The zero-order chi connectivity index (χ0) is 21.6. The molecule has 0 aliphatic heterocycles. The number of hydrogen-bond donors (Lipinski definition) is 3. The van der Waals surface area contributed by atoms with Crippen LogP contribution in [0.15, 0.2) is 60.7 Å². The average Bonchev–Trinajstić information content (AvgIpc) is 2.76. The van der Waals surface area contributed by atoms with Gasteiger partial charge < -0.3 is 10.1 Å². The van der Waals surface area contributed by atoms with Gasteiger partial charge in [0.05, 0.1) is 13.0 Å². The Kier molecular flexibility index (Phi) is 9.58. The normalized spacial score (nSPS) is 10.0. The van der Waals surface area contributed by atoms with Crippen LogP contribution in [0.4, 0.5) is 5.69 Å². The highest BCUT2D eigenvalue weighted by Gasteiger charge is 2.11. The lowest BCUT2D eigenvalue weighted by Crippen LogP contribution is -2.41. The number of carbonyl (C=O) groups excluding carboxylic acids is 4. The molecule has 0 aromatic heterocycles. The third-order valence-corrected chi connectivity index (χ3v) is 4.03. The van der Waals surface area contributed by atoms with Gasteiger partial charge in [0.15, 0.2) is 0 Å². The van der Waals surface area contributed by atoms with Crippen LogP contribution in [-0.2, 0) is 30.3 Å². The summed E-state index contributed by atoms with van der Waals surface area (Å²) in [5, 5.41) is 2.66. The Labute approximate surface area is 175 Å². The Balaban J connectivity index is 1.52. The molecule has 0 aliphatic carbocycles. The van der Waals surface area contributed by atoms with Gasteiger partial charge in [0.2, 0.25) is 17.7 Å². The van der Waals surface area contributed by atoms with Gasteiger partial charge in [-0.15, -0.1) is 0 Å². The SMILES string of the molecule is O=C(CCC(=O)Nc1ccccc1)NNC(=O)CCC(=O)OCCc1ccccc1. The predicted molar refractivity (Wildman–Crippen MR) is 111 cm³/mol. The Bertz CT molecular complexity index is 840. The highest BCUT2D eigenvalue weighted by molar-refractivity contribution is 5.93. The van der Waals surface area contributed by atoms with Gasteiger partial charge in [-0.1, -0.05) is 48.5 Å². The molecule has 3 amide bonds. The number of carbonyl (C=O) groups is 4. The molecule has 0 fully saturated rings. The Morgan fingerprint density at radius 2 is 1.20 bits per heavy atom. The van der Waals surface area contributed by atoms with Crippen molar-refractivity contribution in [3.05, 3.63) is 66.2 Å². The van der Waals surface area contributed by atoms with Crippen LogP contribution in [0.2, 0.25) is 0 Å². The van der Waals surface area contributed by atoms with E-state index in [1.165, 1.54) is 0 Å². The van der Waals surface area contributed by atoms with E-state index in [4.69, 9.17) is 4.74 Å². The minimum atomic E-state index is -0.517. The maximum Gasteiger partial charge on any atom is 0.306 e. The number of ether oxygens (including phenoxy) is 1. The molecule has 2 rings (SSSR count). The third-order valence-electron chi connectivity index (χ3n) is 4.03. The first-order valence-electron chi connectivity index (χ1n) is 9.65. The molecule has 0 aliphatic rings. The zero-order valence-electron chi connectivity index (χ0n) is 16.6. The van der Waals surface area contributed by atoms with Crippen molar-refractivity contribution in [3.8, 4) is 0 Å². The summed E-state index contributed by atoms with van der Waals surface area (Å²) in [4.78, 5) is 46.9. The number of para-hydroxylation sites is 1. The third kappa shape index (κ3) is 9.50. The minimum absolute atomic E-state index is 0.0235. The Morgan fingerprint density at radius 3 is 1.83 bits per heavy atom. The van der Waals surface area contributed by atoms with Crippen LogP contribution in [-0.4, -0.2) is 30.3 Å². The molecule has 0 heterocycles. The number of hydrogen-bond acceptors (Lipinski definition) is 5. The summed E-state index contributed by atoms with van der Waals surface area (Å²) in [6.45, 7) is 0.242. The molecule has 0 atom stereocenters. The van der Waals surface area contributed by atoms with E-state index in [0.29, 0.717) is 12.1 Å². The first-order chi connectivity index (χ1) is 14.5. The highest BCUT2D eigenvalue weighted by Crippen LogP contribution is 2.06. The van der Waals surface area contributed by atoms with E-state index >= 15 is 0 Å². The lowest BCUT2D eigenvalue weighted by Gasteiger charge is -2.08. The van der Waals surface area contributed by atoms with E-state index in [-0.39, 0.29) is 38.2 Å². The van der Waals surface area contributed by atoms with Crippen molar-refractivity contribution in [1.29, 1.82) is 0 Å². The molecular weight excluding hydrogens is 386 g/mol. The molecule has 0 bridgehead atoms. The number of rotatable bonds is 10. The van der Waals surface area contributed by atoms with Crippen molar-refractivity contribution in [2.45, 2.75) is 32.1 Å². The summed E-state index contributed by atoms with van der Waals surface area (Å²) in [7, 11) is 0. The molecule has 8 heteroatoms. The second-order valence-electron chi connectivity index (χ2n) is 6.47. The molecule has 0 saturated carbocycles. The van der Waals surface area contributed by atoms with Crippen LogP contribution in [0.5, 0.6) is 0 Å². The van der Waals surface area contributed by atoms with Crippen molar-refractivity contribution >= 4 is 29.4 Å². The van der Waals surface area contributed by atoms with Crippen LogP contribution in [0, 0.1) is 0 Å². The summed E-state index contributed by atoms with van der Waals surface area (Å²) in [5.41, 5.74) is 6.14. The van der Waals surface area contributed by atoms with Crippen molar-refractivity contribution in [3.63, 3.8) is 0 Å². The lowest BCUT2D eigenvalue weighted by atomic mass is 10.2. The van der Waals surface area contributed by atoms with Crippen LogP contribution in [0.1, 0.15) is 31.2 Å². The standard InChI is InChI=1S/C22H25N3O5/c26-19(23-18-9-5-2-6-10-18)11-12-20(27)24-25-21(28)13-14-22(29)30-16-15-17-7-3-1-4-8-17/h1-10H,11-16H2,(H,23,26)(H,24,27)(H,25,28). The van der Waals surface area contributed by atoms with E-state index in [1.807, 2.05) is 36.4 Å². The fourth-order valence-corrected chi connectivity index (χ4v) is 2.45. The number of esters is 1. The van der Waals surface area contributed by atoms with E-state index in [9.17, 15) is 19.2 Å². The highest BCUT2D eigenvalue weighted by atomic mass is 16.5. The summed E-state index contributed by atoms with van der Waals surface area (Å²) in [6.07, 6.45) is 0.298. The topological polar surface area (TPSA) is 114 Å². The van der Waals surface area contributed by atoms with Gasteiger partial charge >= 0.3 is 5.97 Å². The van der Waals surface area contributed by atoms with Crippen LogP contribution in [0.3, 0.4) is 0 Å².